The number of hydrogen-bond acceptors (Lipinski definition) is 5. The molecule has 1 aromatic rings. The number of methoxy groups -OCH3 is 1. The molecule has 2 aliphatic carbocycles. The predicted molar refractivity (Wildman–Crippen MR) is 107 cm³/mol. The summed E-state index contributed by atoms with van der Waals surface area (Å²) in [5.74, 6) is -0.477. The van der Waals surface area contributed by atoms with Crippen molar-refractivity contribution in [2.24, 2.45) is 10.9 Å². The molecule has 0 bridgehead atoms. The third kappa shape index (κ3) is 3.38. The molecule has 0 aromatic heterocycles. The van der Waals surface area contributed by atoms with Gasteiger partial charge in [-0.3, -0.25) is 14.6 Å². The molecule has 1 saturated carbocycles. The van der Waals surface area contributed by atoms with Crippen molar-refractivity contribution in [2.75, 3.05) is 7.11 Å². The van der Waals surface area contributed by atoms with Crippen molar-refractivity contribution in [1.29, 1.82) is 0 Å². The molecule has 2 atom stereocenters. The zero-order chi connectivity index (χ0) is 19.7. The van der Waals surface area contributed by atoms with Crippen LogP contribution in [0, 0.1) is 5.92 Å². The summed E-state index contributed by atoms with van der Waals surface area (Å²) in [6, 6.07) is 7.65. The van der Waals surface area contributed by atoms with Crippen molar-refractivity contribution >= 4 is 17.5 Å². The van der Waals surface area contributed by atoms with Gasteiger partial charge in [-0.05, 0) is 51.5 Å². The van der Waals surface area contributed by atoms with Gasteiger partial charge < -0.3 is 9.47 Å². The van der Waals surface area contributed by atoms with Crippen LogP contribution in [0.3, 0.4) is 0 Å². The van der Waals surface area contributed by atoms with Gasteiger partial charge in [-0.2, -0.15) is 0 Å². The molecule has 0 N–H and O–H groups in total. The second kappa shape index (κ2) is 7.90. The fraction of sp³-hybridized carbons (Fsp3) is 0.522. The highest BCUT2D eigenvalue weighted by Crippen LogP contribution is 2.46. The number of ether oxygens (including phenoxy) is 2. The van der Waals surface area contributed by atoms with Crippen molar-refractivity contribution in [3.8, 4) is 5.75 Å². The van der Waals surface area contributed by atoms with Crippen molar-refractivity contribution < 1.29 is 19.1 Å². The van der Waals surface area contributed by atoms with Crippen molar-refractivity contribution in [3.63, 3.8) is 0 Å². The topological polar surface area (TPSA) is 65.0 Å². The molecule has 1 fully saturated rings. The Hall–Kier alpha value is -2.43. The standard InChI is InChI=1S/C23H27NO4/c1-14-20(23(26)28-15-8-3-4-9-15)21(16-10-5-6-13-19(16)27-2)22-17(24-14)11-7-12-18(22)25/h5-6,10,13,15,20-21H,3-4,7-9,11-12H2,1-2H3/t20?,21-/m0/s1. The third-order valence-electron chi connectivity index (χ3n) is 6.15. The lowest BCUT2D eigenvalue weighted by Crippen LogP contribution is -2.38. The van der Waals surface area contributed by atoms with Gasteiger partial charge in [0.15, 0.2) is 5.78 Å². The fourth-order valence-corrected chi connectivity index (χ4v) is 4.81. The zero-order valence-electron chi connectivity index (χ0n) is 16.6. The number of carbonyl (C=O) groups is 2. The summed E-state index contributed by atoms with van der Waals surface area (Å²) in [7, 11) is 1.62. The van der Waals surface area contributed by atoms with Gasteiger partial charge in [0, 0.05) is 34.9 Å². The first kappa shape index (κ1) is 18.9. The maximum Gasteiger partial charge on any atom is 0.315 e. The Morgan fingerprint density at radius 1 is 1.11 bits per heavy atom. The van der Waals surface area contributed by atoms with E-state index in [1.54, 1.807) is 7.11 Å². The van der Waals surface area contributed by atoms with Crippen molar-refractivity contribution in [1.82, 2.24) is 0 Å². The van der Waals surface area contributed by atoms with Crippen molar-refractivity contribution in [2.45, 2.75) is 63.9 Å². The molecule has 0 amide bonds. The van der Waals surface area contributed by atoms with Crippen LogP contribution in [0.15, 0.2) is 40.5 Å². The normalized spacial score (nSPS) is 25.4. The number of allylic oxidation sites excluding steroid dienone is 2. The molecule has 5 heteroatoms. The van der Waals surface area contributed by atoms with E-state index in [-0.39, 0.29) is 17.9 Å². The summed E-state index contributed by atoms with van der Waals surface area (Å²) in [6.45, 7) is 1.88. The van der Waals surface area contributed by atoms with Gasteiger partial charge in [-0.15, -0.1) is 0 Å². The lowest BCUT2D eigenvalue weighted by molar-refractivity contribution is -0.151. The maximum absolute atomic E-state index is 13.3. The number of nitrogens with zero attached hydrogens (tertiary/aromatic N) is 1. The Morgan fingerprint density at radius 2 is 1.86 bits per heavy atom. The number of hydrogen-bond donors (Lipinski definition) is 0. The average molecular weight is 381 g/mol. The van der Waals surface area contributed by atoms with Crippen LogP contribution in [0.4, 0.5) is 0 Å². The number of para-hydroxylation sites is 1. The Labute approximate surface area is 165 Å². The van der Waals surface area contributed by atoms with Crippen LogP contribution in [-0.4, -0.2) is 30.7 Å². The molecule has 0 radical (unpaired) electrons. The van der Waals surface area contributed by atoms with E-state index < -0.39 is 11.8 Å². The summed E-state index contributed by atoms with van der Waals surface area (Å²) in [4.78, 5) is 30.9. The van der Waals surface area contributed by atoms with E-state index in [1.807, 2.05) is 31.2 Å². The zero-order valence-corrected chi connectivity index (χ0v) is 16.6. The van der Waals surface area contributed by atoms with Gasteiger partial charge in [0.1, 0.15) is 17.8 Å². The van der Waals surface area contributed by atoms with Crippen molar-refractivity contribution in [3.05, 3.63) is 41.1 Å². The number of benzene rings is 1. The van der Waals surface area contributed by atoms with E-state index >= 15 is 0 Å². The largest absolute Gasteiger partial charge is 0.496 e. The highest BCUT2D eigenvalue weighted by molar-refractivity contribution is 6.09. The van der Waals surface area contributed by atoms with Crippen LogP contribution in [0.2, 0.25) is 0 Å². The Morgan fingerprint density at radius 3 is 2.61 bits per heavy atom. The molecule has 3 aliphatic rings. The maximum atomic E-state index is 13.3. The van der Waals surface area contributed by atoms with Gasteiger partial charge in [-0.25, -0.2) is 0 Å². The number of ketones is 1. The Balaban J connectivity index is 1.79. The summed E-state index contributed by atoms with van der Waals surface area (Å²) in [5, 5.41) is 0. The molecular formula is C23H27NO4. The summed E-state index contributed by atoms with van der Waals surface area (Å²) in [6.07, 6.45) is 6.10. The minimum atomic E-state index is -0.585. The molecule has 5 nitrogen and oxygen atoms in total. The highest BCUT2D eigenvalue weighted by atomic mass is 16.5. The van der Waals surface area contributed by atoms with Crippen LogP contribution in [0.1, 0.15) is 63.4 Å². The van der Waals surface area contributed by atoms with Crippen LogP contribution in [0.5, 0.6) is 5.75 Å². The fourth-order valence-electron chi connectivity index (χ4n) is 4.81. The first-order valence-electron chi connectivity index (χ1n) is 10.2. The molecule has 1 heterocycles. The van der Waals surface area contributed by atoms with Crippen LogP contribution >= 0.6 is 0 Å². The second-order valence-corrected chi connectivity index (χ2v) is 7.93. The first-order valence-corrected chi connectivity index (χ1v) is 10.2. The average Bonchev–Trinajstić information content (AvgIpc) is 3.20. The molecular weight excluding hydrogens is 354 g/mol. The van der Waals surface area contributed by atoms with Crippen LogP contribution in [0.25, 0.3) is 0 Å². The van der Waals surface area contributed by atoms with Gasteiger partial charge in [-0.1, -0.05) is 18.2 Å². The first-order chi connectivity index (χ1) is 13.6. The van der Waals surface area contributed by atoms with E-state index in [4.69, 9.17) is 14.5 Å². The predicted octanol–water partition coefficient (Wildman–Crippen LogP) is 4.36. The third-order valence-corrected chi connectivity index (χ3v) is 6.15. The SMILES string of the molecule is COc1ccccc1[C@@H]1C2=C(CCCC2=O)N=C(C)C1C(=O)OC1CCCC1. The van der Waals surface area contributed by atoms with E-state index in [0.717, 1.165) is 55.5 Å². The number of carbonyl (C=O) groups excluding carboxylic acids is 2. The number of Topliss-reactive ketones (excluding diaryl/α,β-unsaturated/α-hetero) is 1. The number of aliphatic imine (C=N–C) groups is 1. The number of rotatable bonds is 4. The molecule has 148 valence electrons. The van der Waals surface area contributed by atoms with Crippen LogP contribution < -0.4 is 4.74 Å². The minimum Gasteiger partial charge on any atom is -0.496 e. The Bertz CT molecular complexity index is 848. The van der Waals surface area contributed by atoms with E-state index in [2.05, 4.69) is 0 Å². The van der Waals surface area contributed by atoms with Crippen LogP contribution in [-0.2, 0) is 14.3 Å². The van der Waals surface area contributed by atoms with Gasteiger partial charge in [0.25, 0.3) is 0 Å². The molecule has 1 aromatic carbocycles. The van der Waals surface area contributed by atoms with Gasteiger partial charge in [0.05, 0.1) is 7.11 Å². The second-order valence-electron chi connectivity index (χ2n) is 7.93. The lowest BCUT2D eigenvalue weighted by Gasteiger charge is -2.35. The quantitative estimate of drug-likeness (QED) is 0.727. The van der Waals surface area contributed by atoms with E-state index in [0.29, 0.717) is 17.7 Å². The smallest absolute Gasteiger partial charge is 0.315 e. The molecule has 1 aliphatic heterocycles. The molecule has 0 saturated heterocycles. The molecule has 4 rings (SSSR count). The summed E-state index contributed by atoms with van der Waals surface area (Å²) < 4.78 is 11.5. The van der Waals surface area contributed by atoms with Gasteiger partial charge in [0.2, 0.25) is 0 Å². The molecule has 28 heavy (non-hydrogen) atoms. The summed E-state index contributed by atoms with van der Waals surface area (Å²) in [5.41, 5.74) is 3.09. The lowest BCUT2D eigenvalue weighted by atomic mass is 9.71. The molecule has 0 spiro atoms. The summed E-state index contributed by atoms with van der Waals surface area (Å²) >= 11 is 0. The highest BCUT2D eigenvalue weighted by Gasteiger charge is 2.44. The van der Waals surface area contributed by atoms with Gasteiger partial charge >= 0.3 is 5.97 Å². The number of esters is 1. The van der Waals surface area contributed by atoms with E-state index in [1.165, 1.54) is 0 Å². The minimum absolute atomic E-state index is 0.0175. The Kier molecular flexibility index (Phi) is 5.33. The monoisotopic (exact) mass is 381 g/mol. The van der Waals surface area contributed by atoms with E-state index in [9.17, 15) is 9.59 Å². The molecule has 1 unspecified atom stereocenters.